The predicted octanol–water partition coefficient (Wildman–Crippen LogP) is 5.50. The standard InChI is InChI=1S/C28H21NO2/c1-4-21-7-9-22(10-8-21)15-18-28-25(5-2)19-24(20-26(28)6-3)12-11-23-13-16-27(17-14-23)29(30)31/h1,7-10,13-14,16-17,19-20H,5-6H2,2-3H3. The molecule has 0 fully saturated rings. The summed E-state index contributed by atoms with van der Waals surface area (Å²) in [6, 6.07) is 18.1. The van der Waals surface area contributed by atoms with Crippen molar-refractivity contribution in [2.75, 3.05) is 0 Å². The van der Waals surface area contributed by atoms with E-state index in [1.165, 1.54) is 12.1 Å². The Morgan fingerprint density at radius 2 is 1.19 bits per heavy atom. The molecule has 0 heterocycles. The SMILES string of the molecule is C#Cc1ccc(C#Cc2c(CC)cc(C#Cc3ccc([N+](=O)[O-])cc3)cc2CC)cc1. The van der Waals surface area contributed by atoms with Crippen molar-refractivity contribution in [3.05, 3.63) is 110 Å². The fraction of sp³-hybridized carbons (Fsp3) is 0.143. The Labute approximate surface area is 183 Å². The average molecular weight is 403 g/mol. The summed E-state index contributed by atoms with van der Waals surface area (Å²) in [7, 11) is 0. The zero-order valence-electron chi connectivity index (χ0n) is 17.5. The van der Waals surface area contributed by atoms with E-state index in [2.05, 4.69) is 55.6 Å². The molecule has 0 atom stereocenters. The van der Waals surface area contributed by atoms with Gasteiger partial charge in [-0.1, -0.05) is 43.4 Å². The summed E-state index contributed by atoms with van der Waals surface area (Å²) in [5.74, 6) is 15.5. The topological polar surface area (TPSA) is 43.1 Å². The molecule has 0 unspecified atom stereocenters. The van der Waals surface area contributed by atoms with Gasteiger partial charge in [-0.3, -0.25) is 10.1 Å². The first-order chi connectivity index (χ1) is 15.0. The van der Waals surface area contributed by atoms with E-state index in [0.717, 1.165) is 51.8 Å². The van der Waals surface area contributed by atoms with E-state index in [4.69, 9.17) is 6.42 Å². The molecule has 0 spiro atoms. The molecule has 3 nitrogen and oxygen atoms in total. The molecule has 0 N–H and O–H groups in total. The molecule has 3 aromatic carbocycles. The molecule has 31 heavy (non-hydrogen) atoms. The first-order valence-electron chi connectivity index (χ1n) is 10.0. The number of terminal acetylenes is 1. The second-order valence-electron chi connectivity index (χ2n) is 6.90. The van der Waals surface area contributed by atoms with Crippen molar-refractivity contribution in [2.24, 2.45) is 0 Å². The number of benzene rings is 3. The number of rotatable bonds is 3. The Morgan fingerprint density at radius 3 is 1.68 bits per heavy atom. The van der Waals surface area contributed by atoms with Crippen molar-refractivity contribution < 1.29 is 4.92 Å². The van der Waals surface area contributed by atoms with E-state index in [0.29, 0.717) is 0 Å². The van der Waals surface area contributed by atoms with Crippen molar-refractivity contribution in [3.63, 3.8) is 0 Å². The molecule has 0 aromatic heterocycles. The summed E-state index contributed by atoms with van der Waals surface area (Å²) < 4.78 is 0. The zero-order chi connectivity index (χ0) is 22.2. The Balaban J connectivity index is 1.93. The third-order valence-corrected chi connectivity index (χ3v) is 4.88. The van der Waals surface area contributed by atoms with Crippen molar-refractivity contribution >= 4 is 5.69 Å². The van der Waals surface area contributed by atoms with Gasteiger partial charge < -0.3 is 0 Å². The van der Waals surface area contributed by atoms with Crippen molar-refractivity contribution in [1.82, 2.24) is 0 Å². The molecule has 0 saturated heterocycles. The van der Waals surface area contributed by atoms with Gasteiger partial charge in [-0.2, -0.15) is 0 Å². The summed E-state index contributed by atoms with van der Waals surface area (Å²) in [6.45, 7) is 4.21. The third-order valence-electron chi connectivity index (χ3n) is 4.88. The van der Waals surface area contributed by atoms with E-state index < -0.39 is 4.92 Å². The maximum atomic E-state index is 10.8. The molecular formula is C28H21NO2. The fourth-order valence-electron chi connectivity index (χ4n) is 3.15. The lowest BCUT2D eigenvalue weighted by Crippen LogP contribution is -1.97. The average Bonchev–Trinajstić information content (AvgIpc) is 2.81. The molecule has 0 saturated carbocycles. The predicted molar refractivity (Wildman–Crippen MR) is 125 cm³/mol. The maximum Gasteiger partial charge on any atom is 0.269 e. The van der Waals surface area contributed by atoms with Crippen LogP contribution in [0.3, 0.4) is 0 Å². The highest BCUT2D eigenvalue weighted by Crippen LogP contribution is 2.19. The Morgan fingerprint density at radius 1 is 0.742 bits per heavy atom. The minimum atomic E-state index is -0.415. The van der Waals surface area contributed by atoms with Crippen LogP contribution in [0.5, 0.6) is 0 Å². The molecule has 0 amide bonds. The summed E-state index contributed by atoms with van der Waals surface area (Å²) in [5.41, 5.74) is 6.82. The zero-order valence-corrected chi connectivity index (χ0v) is 17.5. The van der Waals surface area contributed by atoms with E-state index in [1.54, 1.807) is 12.1 Å². The van der Waals surface area contributed by atoms with Crippen LogP contribution in [0.25, 0.3) is 0 Å². The lowest BCUT2D eigenvalue weighted by molar-refractivity contribution is -0.384. The second-order valence-corrected chi connectivity index (χ2v) is 6.90. The van der Waals surface area contributed by atoms with E-state index in [1.807, 2.05) is 24.3 Å². The van der Waals surface area contributed by atoms with Gasteiger partial charge in [-0.15, -0.1) is 6.42 Å². The van der Waals surface area contributed by atoms with Crippen LogP contribution < -0.4 is 0 Å². The summed E-state index contributed by atoms with van der Waals surface area (Å²) in [4.78, 5) is 10.4. The number of aryl methyl sites for hydroxylation is 2. The van der Waals surface area contributed by atoms with Crippen LogP contribution in [0.15, 0.2) is 60.7 Å². The summed E-state index contributed by atoms with van der Waals surface area (Å²) >= 11 is 0. The molecular weight excluding hydrogens is 382 g/mol. The number of nitro groups is 1. The Kier molecular flexibility index (Phi) is 6.90. The van der Waals surface area contributed by atoms with E-state index in [-0.39, 0.29) is 5.69 Å². The van der Waals surface area contributed by atoms with Crippen LogP contribution in [0, 0.1) is 46.1 Å². The minimum Gasteiger partial charge on any atom is -0.258 e. The van der Waals surface area contributed by atoms with Gasteiger partial charge in [-0.25, -0.2) is 0 Å². The van der Waals surface area contributed by atoms with Gasteiger partial charge in [0.25, 0.3) is 5.69 Å². The summed E-state index contributed by atoms with van der Waals surface area (Å²) in [6.07, 6.45) is 7.11. The molecule has 0 aliphatic heterocycles. The molecule has 0 aliphatic carbocycles. The normalized spacial score (nSPS) is 9.58. The number of nitrogens with zero attached hydrogens (tertiary/aromatic N) is 1. The van der Waals surface area contributed by atoms with E-state index in [9.17, 15) is 10.1 Å². The van der Waals surface area contributed by atoms with Gasteiger partial charge in [0.05, 0.1) is 4.92 Å². The first kappa shape index (κ1) is 21.4. The lowest BCUT2D eigenvalue weighted by atomic mass is 9.94. The largest absolute Gasteiger partial charge is 0.269 e. The van der Waals surface area contributed by atoms with Crippen LogP contribution in [0.2, 0.25) is 0 Å². The van der Waals surface area contributed by atoms with Crippen LogP contribution in [-0.2, 0) is 12.8 Å². The number of non-ortho nitro benzene ring substituents is 1. The highest BCUT2D eigenvalue weighted by atomic mass is 16.6. The van der Waals surface area contributed by atoms with Crippen LogP contribution >= 0.6 is 0 Å². The molecule has 150 valence electrons. The minimum absolute atomic E-state index is 0.0592. The van der Waals surface area contributed by atoms with Crippen molar-refractivity contribution in [2.45, 2.75) is 26.7 Å². The van der Waals surface area contributed by atoms with Gasteiger partial charge >= 0.3 is 0 Å². The van der Waals surface area contributed by atoms with E-state index >= 15 is 0 Å². The molecule has 3 heteroatoms. The monoisotopic (exact) mass is 403 g/mol. The highest BCUT2D eigenvalue weighted by molar-refractivity contribution is 5.56. The molecule has 3 aromatic rings. The van der Waals surface area contributed by atoms with Crippen molar-refractivity contribution in [3.8, 4) is 36.0 Å². The number of hydrogen-bond donors (Lipinski definition) is 0. The summed E-state index contributed by atoms with van der Waals surface area (Å²) in [5, 5.41) is 10.8. The number of hydrogen-bond acceptors (Lipinski definition) is 2. The third kappa shape index (κ3) is 5.42. The smallest absolute Gasteiger partial charge is 0.258 e. The molecule has 0 aliphatic rings. The van der Waals surface area contributed by atoms with Gasteiger partial charge in [0, 0.05) is 39.9 Å². The fourth-order valence-corrected chi connectivity index (χ4v) is 3.15. The van der Waals surface area contributed by atoms with Gasteiger partial charge in [0.2, 0.25) is 0 Å². The van der Waals surface area contributed by atoms with Crippen LogP contribution in [0.4, 0.5) is 5.69 Å². The van der Waals surface area contributed by atoms with Gasteiger partial charge in [0.15, 0.2) is 0 Å². The Bertz CT molecular complexity index is 1240. The first-order valence-corrected chi connectivity index (χ1v) is 10.0. The van der Waals surface area contributed by atoms with Gasteiger partial charge in [-0.05, 0) is 72.5 Å². The maximum absolute atomic E-state index is 10.8. The Hall–Kier alpha value is -4.26. The lowest BCUT2D eigenvalue weighted by Gasteiger charge is -2.09. The van der Waals surface area contributed by atoms with Crippen LogP contribution in [0.1, 0.15) is 52.8 Å². The molecule has 0 radical (unpaired) electrons. The van der Waals surface area contributed by atoms with Gasteiger partial charge in [0.1, 0.15) is 0 Å². The molecule has 0 bridgehead atoms. The molecule has 3 rings (SSSR count). The number of nitro benzene ring substituents is 1. The van der Waals surface area contributed by atoms with Crippen molar-refractivity contribution in [1.29, 1.82) is 0 Å². The highest BCUT2D eigenvalue weighted by Gasteiger charge is 2.07. The van der Waals surface area contributed by atoms with Crippen LogP contribution in [-0.4, -0.2) is 4.92 Å². The second kappa shape index (κ2) is 9.98. The quantitative estimate of drug-likeness (QED) is 0.329.